The molecule has 3 rings (SSSR count). The number of aromatic nitrogens is 3. The molecule has 8 nitrogen and oxygen atoms in total. The first-order chi connectivity index (χ1) is 13.8. The van der Waals surface area contributed by atoms with Gasteiger partial charge in [0.05, 0.1) is 23.3 Å². The first-order valence-corrected chi connectivity index (χ1v) is 9.74. The highest BCUT2D eigenvalue weighted by atomic mass is 16.3. The molecule has 154 valence electrons. The minimum absolute atomic E-state index is 0.0169. The summed E-state index contributed by atoms with van der Waals surface area (Å²) in [5.74, 6) is 0.318. The topological polar surface area (TPSA) is 101 Å². The molecule has 0 spiro atoms. The van der Waals surface area contributed by atoms with E-state index < -0.39 is 11.2 Å². The largest absolute Gasteiger partial charge is 0.467 e. The van der Waals surface area contributed by atoms with Gasteiger partial charge in [-0.1, -0.05) is 20.8 Å². The lowest BCUT2D eigenvalue weighted by atomic mass is 10.0. The highest BCUT2D eigenvalue weighted by Crippen LogP contribution is 2.25. The van der Waals surface area contributed by atoms with Crippen molar-refractivity contribution in [2.45, 2.75) is 52.6 Å². The predicted octanol–water partition coefficient (Wildman–Crippen LogP) is 3.04. The number of carbonyl (C=O) groups excluding carboxylic acids is 1. The number of nitrogens with zero attached hydrogens (tertiary/aromatic N) is 3. The van der Waals surface area contributed by atoms with E-state index in [2.05, 4.69) is 9.97 Å². The van der Waals surface area contributed by atoms with E-state index in [1.165, 1.54) is 9.47 Å². The summed E-state index contributed by atoms with van der Waals surface area (Å²) in [4.78, 5) is 46.9. The zero-order chi connectivity index (χ0) is 21.3. The molecule has 8 heteroatoms. The van der Waals surface area contributed by atoms with Crippen LogP contribution in [-0.2, 0) is 6.54 Å². The third-order valence-electron chi connectivity index (χ3n) is 5.09. The van der Waals surface area contributed by atoms with Gasteiger partial charge in [0.2, 0.25) is 0 Å². The minimum Gasteiger partial charge on any atom is -0.467 e. The predicted molar refractivity (Wildman–Crippen MR) is 110 cm³/mol. The molecule has 0 radical (unpaired) electrons. The van der Waals surface area contributed by atoms with E-state index in [1.54, 1.807) is 31.5 Å². The molecule has 29 heavy (non-hydrogen) atoms. The maximum absolute atomic E-state index is 13.4. The molecule has 1 amide bonds. The van der Waals surface area contributed by atoms with Gasteiger partial charge in [-0.15, -0.1) is 0 Å². The van der Waals surface area contributed by atoms with Gasteiger partial charge in [-0.2, -0.15) is 0 Å². The summed E-state index contributed by atoms with van der Waals surface area (Å²) in [6.45, 7) is 8.08. The molecule has 3 aromatic rings. The highest BCUT2D eigenvalue weighted by molar-refractivity contribution is 6.05. The molecule has 0 fully saturated rings. The number of nitrogens with one attached hydrogen (secondary N) is 1. The molecule has 0 aliphatic rings. The molecular weight excluding hydrogens is 372 g/mol. The number of pyridine rings is 1. The summed E-state index contributed by atoms with van der Waals surface area (Å²) >= 11 is 0. The lowest BCUT2D eigenvalue weighted by Gasteiger charge is -2.24. The Balaban J connectivity index is 2.25. The summed E-state index contributed by atoms with van der Waals surface area (Å²) < 4.78 is 6.85. The van der Waals surface area contributed by atoms with Crippen molar-refractivity contribution in [1.29, 1.82) is 0 Å². The first kappa shape index (κ1) is 20.6. The molecule has 0 aliphatic heterocycles. The summed E-state index contributed by atoms with van der Waals surface area (Å²) in [5.41, 5.74) is -0.00862. The Morgan fingerprint density at radius 2 is 2.03 bits per heavy atom. The fraction of sp³-hybridized carbons (Fsp3) is 0.429. The smallest absolute Gasteiger partial charge is 0.329 e. The van der Waals surface area contributed by atoms with Crippen LogP contribution < -0.4 is 11.2 Å². The maximum atomic E-state index is 13.4. The molecule has 0 saturated heterocycles. The Kier molecular flexibility index (Phi) is 5.72. The first-order valence-electron chi connectivity index (χ1n) is 9.74. The normalized spacial score (nSPS) is 12.5. The van der Waals surface area contributed by atoms with Crippen molar-refractivity contribution in [1.82, 2.24) is 19.4 Å². The second kappa shape index (κ2) is 8.06. The third kappa shape index (κ3) is 3.74. The van der Waals surface area contributed by atoms with E-state index in [1.807, 2.05) is 27.7 Å². The van der Waals surface area contributed by atoms with Crippen LogP contribution in [0.5, 0.6) is 0 Å². The second-order valence-corrected chi connectivity index (χ2v) is 7.47. The van der Waals surface area contributed by atoms with Crippen molar-refractivity contribution in [2.75, 3.05) is 7.05 Å². The number of furan rings is 1. The molecule has 1 atom stereocenters. The quantitative estimate of drug-likeness (QED) is 0.688. The number of amides is 1. The lowest BCUT2D eigenvalue weighted by molar-refractivity contribution is 0.0728. The highest BCUT2D eigenvalue weighted by Gasteiger charge is 2.26. The van der Waals surface area contributed by atoms with Gasteiger partial charge in [-0.05, 0) is 37.5 Å². The Morgan fingerprint density at radius 1 is 1.31 bits per heavy atom. The van der Waals surface area contributed by atoms with Crippen molar-refractivity contribution in [3.05, 3.63) is 62.3 Å². The summed E-state index contributed by atoms with van der Waals surface area (Å²) in [6, 6.07) is 4.88. The number of hydrogen-bond donors (Lipinski definition) is 1. The van der Waals surface area contributed by atoms with Crippen LogP contribution in [0.2, 0.25) is 0 Å². The van der Waals surface area contributed by atoms with Crippen LogP contribution in [0.25, 0.3) is 11.0 Å². The van der Waals surface area contributed by atoms with Crippen LogP contribution in [0.3, 0.4) is 0 Å². The number of carbonyl (C=O) groups is 1. The van der Waals surface area contributed by atoms with Gasteiger partial charge in [0, 0.05) is 19.3 Å². The average molecular weight is 398 g/mol. The fourth-order valence-electron chi connectivity index (χ4n) is 3.27. The zero-order valence-corrected chi connectivity index (χ0v) is 17.4. The van der Waals surface area contributed by atoms with Crippen molar-refractivity contribution >= 4 is 16.9 Å². The van der Waals surface area contributed by atoms with Crippen molar-refractivity contribution in [3.8, 4) is 0 Å². The minimum atomic E-state index is -0.609. The van der Waals surface area contributed by atoms with Crippen LogP contribution in [0.1, 0.15) is 67.9 Å². The number of aryl methyl sites for hydroxylation is 1. The van der Waals surface area contributed by atoms with Crippen LogP contribution in [-0.4, -0.2) is 32.4 Å². The second-order valence-electron chi connectivity index (χ2n) is 7.47. The summed E-state index contributed by atoms with van der Waals surface area (Å²) in [5, 5.41) is 0.131. The van der Waals surface area contributed by atoms with E-state index in [0.717, 1.165) is 0 Å². The molecule has 0 saturated carbocycles. The molecule has 3 heterocycles. The number of H-pyrrole nitrogens is 1. The number of aromatic amines is 1. The van der Waals surface area contributed by atoms with Gasteiger partial charge in [0.25, 0.3) is 11.5 Å². The maximum Gasteiger partial charge on any atom is 0.329 e. The SMILES string of the molecule is CCCn1c(=O)[nH]c(=O)c2c(C(=O)N(C)C(C)c3ccco3)cc(C(C)C)nc21. The van der Waals surface area contributed by atoms with Crippen LogP contribution in [0.15, 0.2) is 38.5 Å². The van der Waals surface area contributed by atoms with Crippen molar-refractivity contribution in [2.24, 2.45) is 0 Å². The average Bonchev–Trinajstić information content (AvgIpc) is 3.23. The number of hydrogen-bond acceptors (Lipinski definition) is 5. The van der Waals surface area contributed by atoms with Gasteiger partial charge in [-0.3, -0.25) is 19.1 Å². The Labute approximate surface area is 168 Å². The Bertz CT molecular complexity index is 1140. The van der Waals surface area contributed by atoms with E-state index in [-0.39, 0.29) is 34.5 Å². The number of rotatable bonds is 6. The molecular formula is C21H26N4O4. The van der Waals surface area contributed by atoms with E-state index in [4.69, 9.17) is 4.42 Å². The van der Waals surface area contributed by atoms with Gasteiger partial charge in [0.15, 0.2) is 5.65 Å². The van der Waals surface area contributed by atoms with E-state index in [0.29, 0.717) is 24.4 Å². The van der Waals surface area contributed by atoms with Crippen molar-refractivity contribution < 1.29 is 9.21 Å². The molecule has 0 aromatic carbocycles. The molecule has 1 N–H and O–H groups in total. The van der Waals surface area contributed by atoms with Gasteiger partial charge in [-0.25, -0.2) is 9.78 Å². The van der Waals surface area contributed by atoms with E-state index in [9.17, 15) is 14.4 Å². The van der Waals surface area contributed by atoms with Gasteiger partial charge < -0.3 is 9.32 Å². The van der Waals surface area contributed by atoms with Gasteiger partial charge in [0.1, 0.15) is 5.76 Å². The third-order valence-corrected chi connectivity index (χ3v) is 5.09. The zero-order valence-electron chi connectivity index (χ0n) is 17.4. The fourth-order valence-corrected chi connectivity index (χ4v) is 3.27. The molecule has 3 aromatic heterocycles. The summed E-state index contributed by atoms with van der Waals surface area (Å²) in [7, 11) is 1.66. The lowest BCUT2D eigenvalue weighted by Crippen LogP contribution is -2.35. The molecule has 0 aliphatic carbocycles. The van der Waals surface area contributed by atoms with E-state index >= 15 is 0 Å². The molecule has 0 bridgehead atoms. The Hall–Kier alpha value is -3.16. The summed E-state index contributed by atoms with van der Waals surface area (Å²) in [6.07, 6.45) is 2.24. The van der Waals surface area contributed by atoms with Crippen LogP contribution >= 0.6 is 0 Å². The van der Waals surface area contributed by atoms with Crippen LogP contribution in [0, 0.1) is 0 Å². The standard InChI is InChI=1S/C21H26N4O4/c1-6-9-25-18-17(19(26)23-21(25)28)14(11-15(22-18)12(2)3)20(27)24(5)13(4)16-8-7-10-29-16/h7-8,10-13H,6,9H2,1-5H3,(H,23,26,28). The monoisotopic (exact) mass is 398 g/mol. The van der Waals surface area contributed by atoms with Crippen molar-refractivity contribution in [3.63, 3.8) is 0 Å². The number of fused-ring (bicyclic) bond motifs is 1. The van der Waals surface area contributed by atoms with Crippen LogP contribution in [0.4, 0.5) is 0 Å². The molecule has 1 unspecified atom stereocenters. The Morgan fingerprint density at radius 3 is 2.62 bits per heavy atom. The van der Waals surface area contributed by atoms with Gasteiger partial charge >= 0.3 is 5.69 Å².